The third kappa shape index (κ3) is 3.98. The molecule has 2 aliphatic rings. The van der Waals surface area contributed by atoms with Gasteiger partial charge in [-0.2, -0.15) is 0 Å². The summed E-state index contributed by atoms with van der Waals surface area (Å²) in [5.41, 5.74) is 5.11. The van der Waals surface area contributed by atoms with E-state index in [4.69, 9.17) is 16.6 Å². The van der Waals surface area contributed by atoms with E-state index in [2.05, 4.69) is 12.2 Å². The fraction of sp³-hybridized carbons (Fsp3) is 0.348. The van der Waals surface area contributed by atoms with Crippen molar-refractivity contribution in [1.29, 1.82) is 0 Å². The molecule has 2 aromatic rings. The van der Waals surface area contributed by atoms with Crippen LogP contribution >= 0.6 is 11.6 Å². The van der Waals surface area contributed by atoms with Gasteiger partial charge in [-0.15, -0.1) is 0 Å². The van der Waals surface area contributed by atoms with Crippen molar-refractivity contribution < 1.29 is 9.59 Å². The zero-order valence-corrected chi connectivity index (χ0v) is 17.4. The number of nitrogens with zero attached hydrogens (tertiary/aromatic N) is 2. The van der Waals surface area contributed by atoms with Crippen LogP contribution in [0.4, 0.5) is 11.4 Å². The predicted molar refractivity (Wildman–Crippen MR) is 117 cm³/mol. The number of carbonyl (C=O) groups is 2. The minimum absolute atomic E-state index is 0.0686. The lowest BCUT2D eigenvalue weighted by Gasteiger charge is -2.35. The Morgan fingerprint density at radius 3 is 2.72 bits per heavy atom. The third-order valence-corrected chi connectivity index (χ3v) is 6.15. The predicted octanol–water partition coefficient (Wildman–Crippen LogP) is 4.44. The van der Waals surface area contributed by atoms with Crippen molar-refractivity contribution in [2.24, 2.45) is 10.9 Å². The molecule has 1 unspecified atom stereocenters. The first-order valence-electron chi connectivity index (χ1n) is 9.98. The Balaban J connectivity index is 1.43. The second-order valence-electron chi connectivity index (χ2n) is 7.67. The van der Waals surface area contributed by atoms with Crippen LogP contribution in [0.1, 0.15) is 34.8 Å². The van der Waals surface area contributed by atoms with E-state index in [-0.39, 0.29) is 24.2 Å². The topological polar surface area (TPSA) is 61.8 Å². The Labute approximate surface area is 175 Å². The van der Waals surface area contributed by atoms with Crippen LogP contribution in [0.3, 0.4) is 0 Å². The number of hydrogen-bond donors (Lipinski definition) is 1. The molecule has 4 rings (SSSR count). The Morgan fingerprint density at radius 2 is 2.00 bits per heavy atom. The summed E-state index contributed by atoms with van der Waals surface area (Å²) in [7, 11) is 0. The van der Waals surface area contributed by atoms with E-state index in [0.29, 0.717) is 35.8 Å². The molecule has 5 nitrogen and oxygen atoms in total. The SMILES string of the molecule is CCc1ccc(NC(=O)CN2CCC3=Nc4c(ccc(Cl)c4C)C(=O)C3C2)cc1. The Hall–Kier alpha value is -2.50. The van der Waals surface area contributed by atoms with E-state index >= 15 is 0 Å². The van der Waals surface area contributed by atoms with Crippen LogP contribution in [0.5, 0.6) is 0 Å². The maximum absolute atomic E-state index is 13.0. The molecule has 6 heteroatoms. The molecule has 2 heterocycles. The molecule has 2 aliphatic heterocycles. The molecule has 0 saturated carbocycles. The van der Waals surface area contributed by atoms with E-state index in [1.54, 1.807) is 12.1 Å². The van der Waals surface area contributed by atoms with Crippen molar-refractivity contribution >= 4 is 40.4 Å². The van der Waals surface area contributed by atoms with Crippen molar-refractivity contribution in [1.82, 2.24) is 4.90 Å². The Kier molecular flexibility index (Phi) is 5.52. The van der Waals surface area contributed by atoms with Crippen LogP contribution in [-0.2, 0) is 11.2 Å². The fourth-order valence-corrected chi connectivity index (χ4v) is 4.14. The highest BCUT2D eigenvalue weighted by atomic mass is 35.5. The minimum Gasteiger partial charge on any atom is -0.325 e. The quantitative estimate of drug-likeness (QED) is 0.811. The number of anilines is 1. The number of Topliss-reactive ketones (excluding diaryl/α,β-unsaturated/α-hetero) is 1. The number of carbonyl (C=O) groups excluding carboxylic acids is 2. The highest BCUT2D eigenvalue weighted by Crippen LogP contribution is 2.37. The molecule has 1 fully saturated rings. The van der Waals surface area contributed by atoms with Crippen LogP contribution in [0.25, 0.3) is 0 Å². The summed E-state index contributed by atoms with van der Waals surface area (Å²) in [5, 5.41) is 3.57. The lowest BCUT2D eigenvalue weighted by molar-refractivity contribution is -0.117. The fourth-order valence-electron chi connectivity index (χ4n) is 3.99. The van der Waals surface area contributed by atoms with E-state index < -0.39 is 0 Å². The van der Waals surface area contributed by atoms with Crippen molar-refractivity contribution in [2.45, 2.75) is 26.7 Å². The first-order chi connectivity index (χ1) is 14.0. The lowest BCUT2D eigenvalue weighted by Crippen LogP contribution is -2.47. The average molecular weight is 410 g/mol. The van der Waals surface area contributed by atoms with Gasteiger partial charge in [0.2, 0.25) is 5.91 Å². The molecular formula is C23H24ClN3O2. The molecule has 0 bridgehead atoms. The highest BCUT2D eigenvalue weighted by Gasteiger charge is 2.36. The summed E-state index contributed by atoms with van der Waals surface area (Å²) < 4.78 is 0. The largest absolute Gasteiger partial charge is 0.325 e. The summed E-state index contributed by atoms with van der Waals surface area (Å²) >= 11 is 6.20. The maximum atomic E-state index is 13.0. The van der Waals surface area contributed by atoms with Crippen molar-refractivity contribution in [3.05, 3.63) is 58.1 Å². The van der Waals surface area contributed by atoms with Gasteiger partial charge >= 0.3 is 0 Å². The molecule has 0 radical (unpaired) electrons. The van der Waals surface area contributed by atoms with E-state index in [0.717, 1.165) is 23.4 Å². The van der Waals surface area contributed by atoms with Crippen LogP contribution in [0.2, 0.25) is 5.02 Å². The van der Waals surface area contributed by atoms with Gasteiger partial charge in [-0.3, -0.25) is 19.5 Å². The zero-order chi connectivity index (χ0) is 20.5. The summed E-state index contributed by atoms with van der Waals surface area (Å²) in [6.07, 6.45) is 1.65. The number of aliphatic imine (C=N–C) groups is 1. The average Bonchev–Trinajstić information content (AvgIpc) is 2.72. The van der Waals surface area contributed by atoms with E-state index in [1.165, 1.54) is 5.56 Å². The van der Waals surface area contributed by atoms with Gasteiger partial charge in [-0.05, 0) is 55.2 Å². The Bertz CT molecular complexity index is 998. The van der Waals surface area contributed by atoms with Gasteiger partial charge in [0.05, 0.1) is 18.2 Å². The number of piperidine rings is 1. The number of benzene rings is 2. The van der Waals surface area contributed by atoms with Gasteiger partial charge in [-0.1, -0.05) is 30.7 Å². The monoisotopic (exact) mass is 409 g/mol. The van der Waals surface area contributed by atoms with E-state index in [1.807, 2.05) is 36.1 Å². The number of aryl methyl sites for hydroxylation is 1. The highest BCUT2D eigenvalue weighted by molar-refractivity contribution is 6.32. The van der Waals surface area contributed by atoms with E-state index in [9.17, 15) is 9.59 Å². The summed E-state index contributed by atoms with van der Waals surface area (Å²) in [6.45, 7) is 5.48. The number of halogens is 1. The number of hydrogen-bond acceptors (Lipinski definition) is 4. The van der Waals surface area contributed by atoms with Gasteiger partial charge in [0, 0.05) is 35.1 Å². The Morgan fingerprint density at radius 1 is 1.24 bits per heavy atom. The number of ketones is 1. The third-order valence-electron chi connectivity index (χ3n) is 5.74. The first-order valence-corrected chi connectivity index (χ1v) is 10.4. The molecule has 2 aromatic carbocycles. The number of likely N-dealkylation sites (tertiary alicyclic amines) is 1. The van der Waals surface area contributed by atoms with Crippen LogP contribution in [0.15, 0.2) is 41.4 Å². The van der Waals surface area contributed by atoms with Gasteiger partial charge in [0.25, 0.3) is 0 Å². The van der Waals surface area contributed by atoms with Gasteiger partial charge < -0.3 is 5.32 Å². The molecular weight excluding hydrogens is 386 g/mol. The van der Waals surface area contributed by atoms with Crippen LogP contribution < -0.4 is 5.32 Å². The summed E-state index contributed by atoms with van der Waals surface area (Å²) in [5.74, 6) is -0.278. The molecule has 29 heavy (non-hydrogen) atoms. The number of rotatable bonds is 4. The van der Waals surface area contributed by atoms with Gasteiger partial charge in [-0.25, -0.2) is 0 Å². The summed E-state index contributed by atoms with van der Waals surface area (Å²) in [4.78, 5) is 32.3. The second-order valence-corrected chi connectivity index (χ2v) is 8.08. The smallest absolute Gasteiger partial charge is 0.238 e. The van der Waals surface area contributed by atoms with Gasteiger partial charge in [0.1, 0.15) is 0 Å². The molecule has 1 atom stereocenters. The molecule has 0 spiro atoms. The zero-order valence-electron chi connectivity index (χ0n) is 16.7. The summed E-state index contributed by atoms with van der Waals surface area (Å²) in [6, 6.07) is 11.4. The van der Waals surface area contributed by atoms with Crippen molar-refractivity contribution in [3.63, 3.8) is 0 Å². The lowest BCUT2D eigenvalue weighted by atomic mass is 9.84. The molecule has 0 aromatic heterocycles. The number of nitrogens with one attached hydrogen (secondary N) is 1. The molecule has 1 amide bonds. The van der Waals surface area contributed by atoms with Crippen molar-refractivity contribution in [3.8, 4) is 0 Å². The molecule has 150 valence electrons. The molecule has 1 saturated heterocycles. The number of fused-ring (bicyclic) bond motifs is 2. The van der Waals surface area contributed by atoms with Crippen LogP contribution in [-0.4, -0.2) is 41.9 Å². The minimum atomic E-state index is -0.284. The number of amides is 1. The molecule has 0 aliphatic carbocycles. The molecule has 1 N–H and O–H groups in total. The van der Waals surface area contributed by atoms with Gasteiger partial charge in [0.15, 0.2) is 5.78 Å². The second kappa shape index (κ2) is 8.09. The maximum Gasteiger partial charge on any atom is 0.238 e. The van der Waals surface area contributed by atoms with Crippen molar-refractivity contribution in [2.75, 3.05) is 25.0 Å². The normalized spacial score (nSPS) is 18.7. The van der Waals surface area contributed by atoms with Crippen LogP contribution in [0, 0.1) is 12.8 Å². The first kappa shape index (κ1) is 19.8. The standard InChI is InChI=1S/C23H24ClN3O2/c1-3-15-4-6-16(7-5-15)25-21(28)13-27-11-10-20-18(12-27)23(29)17-8-9-19(24)14(2)22(17)26-20/h4-9,18H,3,10-13H2,1-2H3,(H,25,28).